The third-order valence-corrected chi connectivity index (χ3v) is 9.26. The van der Waals surface area contributed by atoms with Crippen molar-refractivity contribution in [2.45, 2.75) is 56.1 Å². The molecular weight excluding hydrogens is 524 g/mol. The normalized spacial score (nSPS) is 17.6. The second kappa shape index (κ2) is 10.9. The summed E-state index contributed by atoms with van der Waals surface area (Å²) in [5.41, 5.74) is 4.07. The fourth-order valence-electron chi connectivity index (χ4n) is 5.12. The molecule has 7 nitrogen and oxygen atoms in total. The van der Waals surface area contributed by atoms with Crippen LogP contribution in [0.2, 0.25) is 5.02 Å². The number of halogens is 1. The molecule has 3 aromatic rings. The summed E-state index contributed by atoms with van der Waals surface area (Å²) in [6.45, 7) is 1.83. The molecule has 0 saturated heterocycles. The molecule has 1 aliphatic carbocycles. The molecule has 3 aromatic carbocycles. The van der Waals surface area contributed by atoms with E-state index in [1.54, 1.807) is 24.3 Å². The molecule has 0 radical (unpaired) electrons. The van der Waals surface area contributed by atoms with Gasteiger partial charge in [0.05, 0.1) is 30.3 Å². The summed E-state index contributed by atoms with van der Waals surface area (Å²) in [5, 5.41) is 3.47. The lowest BCUT2D eigenvalue weighted by Gasteiger charge is -2.35. The van der Waals surface area contributed by atoms with Gasteiger partial charge in [-0.2, -0.15) is 0 Å². The van der Waals surface area contributed by atoms with E-state index in [0.717, 1.165) is 18.4 Å². The van der Waals surface area contributed by atoms with E-state index in [-0.39, 0.29) is 29.1 Å². The maximum atomic E-state index is 13.7. The van der Waals surface area contributed by atoms with E-state index in [2.05, 4.69) is 23.5 Å². The Morgan fingerprint density at radius 1 is 1.08 bits per heavy atom. The summed E-state index contributed by atoms with van der Waals surface area (Å²) in [7, 11) is -2.51. The number of nitrogens with zero attached hydrogens (tertiary/aromatic N) is 1. The molecule has 2 atom stereocenters. The van der Waals surface area contributed by atoms with E-state index in [1.807, 2.05) is 6.92 Å². The predicted molar refractivity (Wildman–Crippen MR) is 148 cm³/mol. The number of rotatable bonds is 7. The van der Waals surface area contributed by atoms with Crippen LogP contribution in [0.1, 0.15) is 48.9 Å². The quantitative estimate of drug-likeness (QED) is 0.420. The monoisotopic (exact) mass is 554 g/mol. The van der Waals surface area contributed by atoms with Crippen molar-refractivity contribution in [1.82, 2.24) is 5.32 Å². The number of nitrogens with one attached hydrogen (secondary N) is 1. The zero-order valence-electron chi connectivity index (χ0n) is 21.4. The number of ether oxygens (including phenoxy) is 2. The summed E-state index contributed by atoms with van der Waals surface area (Å²) < 4.78 is 39.8. The Bertz CT molecular complexity index is 1440. The highest BCUT2D eigenvalue weighted by Crippen LogP contribution is 2.39. The third kappa shape index (κ3) is 5.20. The number of benzene rings is 3. The van der Waals surface area contributed by atoms with Gasteiger partial charge in [-0.15, -0.1) is 0 Å². The van der Waals surface area contributed by atoms with Crippen LogP contribution < -0.4 is 19.1 Å². The lowest BCUT2D eigenvalue weighted by atomic mass is 9.88. The van der Waals surface area contributed by atoms with Crippen LogP contribution in [0, 0.1) is 0 Å². The smallest absolute Gasteiger partial charge is 0.264 e. The van der Waals surface area contributed by atoms with Gasteiger partial charge in [0, 0.05) is 5.02 Å². The number of methoxy groups -OCH3 is 1. The predicted octanol–water partition coefficient (Wildman–Crippen LogP) is 5.45. The van der Waals surface area contributed by atoms with Gasteiger partial charge < -0.3 is 14.8 Å². The molecular formula is C29H31ClN2O5S. The molecule has 2 aliphatic rings. The Morgan fingerprint density at radius 3 is 2.53 bits per heavy atom. The fraction of sp³-hybridized carbons (Fsp3) is 0.345. The molecule has 0 aromatic heterocycles. The van der Waals surface area contributed by atoms with E-state index in [1.165, 1.54) is 53.6 Å². The van der Waals surface area contributed by atoms with E-state index in [9.17, 15) is 13.2 Å². The van der Waals surface area contributed by atoms with Crippen LogP contribution in [-0.2, 0) is 27.7 Å². The van der Waals surface area contributed by atoms with Crippen molar-refractivity contribution >= 4 is 33.2 Å². The number of anilines is 1. The summed E-state index contributed by atoms with van der Waals surface area (Å²) in [5.74, 6) is 0.448. The number of carbonyl (C=O) groups is 1. The SMILES string of the molecule is CC[C@H](NC(=O)[C@H]1CN(S(=O)(=O)c2ccc(OC)cc2)c2cc(Cl)ccc2O1)c1ccc2c(c1)CCCC2. The molecule has 1 N–H and O–H groups in total. The molecule has 9 heteroatoms. The number of aryl methyl sites for hydroxylation is 2. The number of amides is 1. The second-order valence-electron chi connectivity index (χ2n) is 9.63. The molecule has 5 rings (SSSR count). The minimum atomic E-state index is -4.02. The Morgan fingerprint density at radius 2 is 1.82 bits per heavy atom. The second-order valence-corrected chi connectivity index (χ2v) is 11.9. The summed E-state index contributed by atoms with van der Waals surface area (Å²) in [6, 6.07) is 17.1. The molecule has 200 valence electrons. The van der Waals surface area contributed by atoms with Gasteiger partial charge in [0.15, 0.2) is 6.10 Å². The molecule has 1 aliphatic heterocycles. The maximum Gasteiger partial charge on any atom is 0.264 e. The van der Waals surface area contributed by atoms with E-state index < -0.39 is 16.1 Å². The minimum absolute atomic E-state index is 0.0748. The zero-order valence-corrected chi connectivity index (χ0v) is 23.0. The standard InChI is InChI=1S/C29H31ClN2O5S/c1-3-25(21-9-8-19-6-4-5-7-20(19)16-21)31-29(33)28-18-32(26-17-22(30)10-15-27(26)37-28)38(34,35)24-13-11-23(36-2)12-14-24/h8-17,25,28H,3-7,18H2,1-2H3,(H,31,33)/t25-,28+/m0/s1. The lowest BCUT2D eigenvalue weighted by Crippen LogP contribution is -2.51. The average Bonchev–Trinajstić information content (AvgIpc) is 2.94. The lowest BCUT2D eigenvalue weighted by molar-refractivity contribution is -0.128. The van der Waals surface area contributed by atoms with Gasteiger partial charge in [0.1, 0.15) is 11.5 Å². The highest BCUT2D eigenvalue weighted by atomic mass is 35.5. The van der Waals surface area contributed by atoms with Gasteiger partial charge in [0.2, 0.25) is 0 Å². The van der Waals surface area contributed by atoms with E-state index in [4.69, 9.17) is 21.1 Å². The number of carbonyl (C=O) groups excluding carboxylic acids is 1. The van der Waals surface area contributed by atoms with Crippen LogP contribution in [0.5, 0.6) is 11.5 Å². The number of fused-ring (bicyclic) bond motifs is 2. The van der Waals surface area contributed by atoms with Crippen molar-refractivity contribution < 1.29 is 22.7 Å². The molecule has 0 spiro atoms. The topological polar surface area (TPSA) is 84.9 Å². The number of hydrogen-bond acceptors (Lipinski definition) is 5. The van der Waals surface area contributed by atoms with Crippen molar-refractivity contribution in [3.63, 3.8) is 0 Å². The van der Waals surface area contributed by atoms with Crippen molar-refractivity contribution in [3.05, 3.63) is 82.4 Å². The van der Waals surface area contributed by atoms with Crippen molar-refractivity contribution in [3.8, 4) is 11.5 Å². The first-order chi connectivity index (χ1) is 18.3. The van der Waals surface area contributed by atoms with Crippen molar-refractivity contribution in [2.24, 2.45) is 0 Å². The molecule has 0 bridgehead atoms. The zero-order chi connectivity index (χ0) is 26.9. The highest BCUT2D eigenvalue weighted by Gasteiger charge is 2.38. The number of hydrogen-bond donors (Lipinski definition) is 1. The molecule has 1 amide bonds. The first-order valence-electron chi connectivity index (χ1n) is 12.8. The Balaban J connectivity index is 1.42. The highest BCUT2D eigenvalue weighted by molar-refractivity contribution is 7.92. The Hall–Kier alpha value is -3.23. The van der Waals surface area contributed by atoms with Gasteiger partial charge in [-0.25, -0.2) is 8.42 Å². The first-order valence-corrected chi connectivity index (χ1v) is 14.7. The third-order valence-electron chi connectivity index (χ3n) is 7.23. The van der Waals surface area contributed by atoms with Gasteiger partial charge >= 0.3 is 0 Å². The van der Waals surface area contributed by atoms with Gasteiger partial charge in [-0.3, -0.25) is 9.10 Å². The van der Waals surface area contributed by atoms with Crippen molar-refractivity contribution in [2.75, 3.05) is 18.0 Å². The molecule has 0 unspecified atom stereocenters. The van der Waals surface area contributed by atoms with E-state index in [0.29, 0.717) is 22.9 Å². The van der Waals surface area contributed by atoms with Gasteiger partial charge in [-0.1, -0.05) is 36.7 Å². The Labute approximate surface area is 228 Å². The summed E-state index contributed by atoms with van der Waals surface area (Å²) in [4.78, 5) is 13.6. The molecule has 1 heterocycles. The minimum Gasteiger partial charge on any atom is -0.497 e. The van der Waals surface area contributed by atoms with Crippen LogP contribution in [0.4, 0.5) is 5.69 Å². The molecule has 38 heavy (non-hydrogen) atoms. The van der Waals surface area contributed by atoms with Crippen LogP contribution in [-0.4, -0.2) is 34.1 Å². The van der Waals surface area contributed by atoms with Crippen molar-refractivity contribution in [1.29, 1.82) is 0 Å². The maximum absolute atomic E-state index is 13.7. The van der Waals surface area contributed by atoms with Gasteiger partial charge in [-0.05, 0) is 91.3 Å². The fourth-order valence-corrected chi connectivity index (χ4v) is 6.75. The average molecular weight is 555 g/mol. The van der Waals surface area contributed by atoms with Crippen LogP contribution >= 0.6 is 11.6 Å². The van der Waals surface area contributed by atoms with Crippen LogP contribution in [0.25, 0.3) is 0 Å². The Kier molecular flexibility index (Phi) is 7.54. The first kappa shape index (κ1) is 26.4. The van der Waals surface area contributed by atoms with Crippen LogP contribution in [0.3, 0.4) is 0 Å². The summed E-state index contributed by atoms with van der Waals surface area (Å²) in [6.07, 6.45) is 4.19. The summed E-state index contributed by atoms with van der Waals surface area (Å²) >= 11 is 6.21. The largest absolute Gasteiger partial charge is 0.497 e. The molecule has 0 fully saturated rings. The van der Waals surface area contributed by atoms with E-state index >= 15 is 0 Å². The molecule has 0 saturated carbocycles. The van der Waals surface area contributed by atoms with Crippen LogP contribution in [0.15, 0.2) is 65.6 Å². The number of sulfonamides is 1. The van der Waals surface area contributed by atoms with Gasteiger partial charge in [0.25, 0.3) is 15.9 Å².